The molecule has 3 aromatic rings. The molecular weight excluding hydrogens is 324 g/mol. The highest BCUT2D eigenvalue weighted by Gasteiger charge is 2.31. The first-order chi connectivity index (χ1) is 12.6. The summed E-state index contributed by atoms with van der Waals surface area (Å²) in [7, 11) is 0. The molecule has 4 rings (SSSR count). The van der Waals surface area contributed by atoms with Crippen LogP contribution in [0, 0.1) is 0 Å². The molecule has 0 spiro atoms. The molecule has 0 amide bonds. The molecule has 26 heavy (non-hydrogen) atoms. The molecule has 0 bridgehead atoms. The number of nitrogens with zero attached hydrogens (tertiary/aromatic N) is 2. The lowest BCUT2D eigenvalue weighted by atomic mass is 10.0. The highest BCUT2D eigenvalue weighted by Crippen LogP contribution is 2.28. The van der Waals surface area contributed by atoms with Crippen molar-refractivity contribution in [1.82, 2.24) is 4.98 Å². The summed E-state index contributed by atoms with van der Waals surface area (Å²) in [6.45, 7) is 7.29. The zero-order chi connectivity index (χ0) is 18.0. The van der Waals surface area contributed by atoms with Gasteiger partial charge in [-0.3, -0.25) is 0 Å². The molecule has 1 fully saturated rings. The van der Waals surface area contributed by atoms with Gasteiger partial charge in [-0.1, -0.05) is 30.3 Å². The molecule has 1 aromatic heterocycles. The minimum atomic E-state index is -0.0440. The normalized spacial score (nSPS) is 16.6. The van der Waals surface area contributed by atoms with Gasteiger partial charge in [0, 0.05) is 11.9 Å². The molecule has 0 atom stereocenters. The Morgan fingerprint density at radius 3 is 2.73 bits per heavy atom. The molecule has 2 aromatic carbocycles. The number of anilines is 1. The maximum absolute atomic E-state index is 5.93. The van der Waals surface area contributed by atoms with Gasteiger partial charge in [0.05, 0.1) is 24.3 Å². The Morgan fingerprint density at radius 1 is 1.08 bits per heavy atom. The van der Waals surface area contributed by atoms with Crippen LogP contribution < -0.4 is 9.64 Å². The summed E-state index contributed by atoms with van der Waals surface area (Å²) >= 11 is 0. The van der Waals surface area contributed by atoms with Crippen LogP contribution in [-0.2, 0) is 11.3 Å². The number of hydrogen-bond acceptors (Lipinski definition) is 4. The topological polar surface area (TPSA) is 34.6 Å². The lowest BCUT2D eigenvalue weighted by Crippen LogP contribution is -2.53. The number of aromatic nitrogens is 1. The predicted octanol–water partition coefficient (Wildman–Crippen LogP) is 4.43. The molecule has 0 unspecified atom stereocenters. The van der Waals surface area contributed by atoms with Crippen LogP contribution >= 0.6 is 0 Å². The molecule has 4 heteroatoms. The first-order valence-corrected chi connectivity index (χ1v) is 9.05. The average molecular weight is 348 g/mol. The Hall–Kier alpha value is -2.59. The molecule has 1 aliphatic rings. The van der Waals surface area contributed by atoms with Crippen molar-refractivity contribution >= 4 is 16.7 Å². The summed E-state index contributed by atoms with van der Waals surface area (Å²) in [5, 5.41) is 1.09. The van der Waals surface area contributed by atoms with Gasteiger partial charge < -0.3 is 14.4 Å². The number of ether oxygens (including phenoxy) is 2. The molecule has 0 aliphatic carbocycles. The predicted molar refractivity (Wildman–Crippen MR) is 105 cm³/mol. The van der Waals surface area contributed by atoms with Crippen LogP contribution in [-0.4, -0.2) is 30.3 Å². The Kier molecular flexibility index (Phi) is 4.51. The molecule has 0 radical (unpaired) electrons. The van der Waals surface area contributed by atoms with Gasteiger partial charge in [0.15, 0.2) is 0 Å². The second-order valence-electron chi connectivity index (χ2n) is 7.31. The van der Waals surface area contributed by atoms with Gasteiger partial charge in [-0.25, -0.2) is 4.98 Å². The maximum atomic E-state index is 5.93. The van der Waals surface area contributed by atoms with Crippen molar-refractivity contribution in [3.63, 3.8) is 0 Å². The second kappa shape index (κ2) is 6.96. The van der Waals surface area contributed by atoms with Crippen molar-refractivity contribution < 1.29 is 9.47 Å². The van der Waals surface area contributed by atoms with Crippen molar-refractivity contribution in [2.24, 2.45) is 0 Å². The summed E-state index contributed by atoms with van der Waals surface area (Å²) in [6, 6.07) is 20.5. The van der Waals surface area contributed by atoms with Gasteiger partial charge in [-0.15, -0.1) is 0 Å². The zero-order valence-corrected chi connectivity index (χ0v) is 15.3. The van der Waals surface area contributed by atoms with Gasteiger partial charge in [0.1, 0.15) is 18.2 Å². The van der Waals surface area contributed by atoms with E-state index in [2.05, 4.69) is 49.1 Å². The van der Waals surface area contributed by atoms with E-state index in [9.17, 15) is 0 Å². The smallest absolute Gasteiger partial charge is 0.129 e. The summed E-state index contributed by atoms with van der Waals surface area (Å²) in [6.07, 6.45) is 0. The highest BCUT2D eigenvalue weighted by molar-refractivity contribution is 5.82. The molecule has 0 saturated carbocycles. The van der Waals surface area contributed by atoms with E-state index in [0.29, 0.717) is 6.61 Å². The fourth-order valence-corrected chi connectivity index (χ4v) is 3.36. The van der Waals surface area contributed by atoms with Crippen LogP contribution in [0.1, 0.15) is 19.4 Å². The standard InChI is InChI=1S/C22H24N2O2/c1-22(2)16-25-13-12-24(22)21-11-8-18-14-19(9-10-20(18)23-21)26-15-17-6-4-3-5-7-17/h3-11,14H,12-13,15-16H2,1-2H3. The van der Waals surface area contributed by atoms with Crippen LogP contribution in [0.25, 0.3) is 10.9 Å². The van der Waals surface area contributed by atoms with Crippen molar-refractivity contribution in [1.29, 1.82) is 0 Å². The molecule has 2 heterocycles. The summed E-state index contributed by atoms with van der Waals surface area (Å²) in [5.41, 5.74) is 2.10. The van der Waals surface area contributed by atoms with Crippen LogP contribution in [0.3, 0.4) is 0 Å². The monoisotopic (exact) mass is 348 g/mol. The van der Waals surface area contributed by atoms with E-state index in [0.717, 1.165) is 47.8 Å². The average Bonchev–Trinajstić information content (AvgIpc) is 2.66. The van der Waals surface area contributed by atoms with Crippen LogP contribution in [0.2, 0.25) is 0 Å². The Bertz CT molecular complexity index is 893. The Morgan fingerprint density at radius 2 is 1.92 bits per heavy atom. The highest BCUT2D eigenvalue weighted by atomic mass is 16.5. The lowest BCUT2D eigenvalue weighted by molar-refractivity contribution is 0.0639. The minimum Gasteiger partial charge on any atom is -0.489 e. The van der Waals surface area contributed by atoms with Crippen LogP contribution in [0.5, 0.6) is 5.75 Å². The maximum Gasteiger partial charge on any atom is 0.129 e. The number of benzene rings is 2. The van der Waals surface area contributed by atoms with Crippen LogP contribution in [0.15, 0.2) is 60.7 Å². The minimum absolute atomic E-state index is 0.0440. The van der Waals surface area contributed by atoms with Gasteiger partial charge >= 0.3 is 0 Å². The van der Waals surface area contributed by atoms with E-state index in [1.165, 1.54) is 0 Å². The molecule has 0 N–H and O–H groups in total. The number of pyridine rings is 1. The molecule has 4 nitrogen and oxygen atoms in total. The largest absolute Gasteiger partial charge is 0.489 e. The van der Waals surface area contributed by atoms with Gasteiger partial charge in [0.25, 0.3) is 0 Å². The molecule has 134 valence electrons. The van der Waals surface area contributed by atoms with E-state index in [1.54, 1.807) is 0 Å². The second-order valence-corrected chi connectivity index (χ2v) is 7.31. The quantitative estimate of drug-likeness (QED) is 0.699. The summed E-state index contributed by atoms with van der Waals surface area (Å²) < 4.78 is 11.5. The van der Waals surface area contributed by atoms with E-state index in [1.807, 2.05) is 30.3 Å². The third-order valence-electron chi connectivity index (χ3n) is 4.82. The zero-order valence-electron chi connectivity index (χ0n) is 15.3. The van der Waals surface area contributed by atoms with E-state index in [4.69, 9.17) is 14.5 Å². The molecule has 1 saturated heterocycles. The number of morpholine rings is 1. The fourth-order valence-electron chi connectivity index (χ4n) is 3.36. The number of hydrogen-bond donors (Lipinski definition) is 0. The SMILES string of the molecule is CC1(C)COCCN1c1ccc2cc(OCc3ccccc3)ccc2n1. The van der Waals surface area contributed by atoms with Gasteiger partial charge in [-0.2, -0.15) is 0 Å². The van der Waals surface area contributed by atoms with Gasteiger partial charge in [0.2, 0.25) is 0 Å². The van der Waals surface area contributed by atoms with Crippen molar-refractivity contribution in [3.05, 3.63) is 66.2 Å². The first-order valence-electron chi connectivity index (χ1n) is 9.05. The molecule has 1 aliphatic heterocycles. The summed E-state index contributed by atoms with van der Waals surface area (Å²) in [4.78, 5) is 7.20. The summed E-state index contributed by atoms with van der Waals surface area (Å²) in [5.74, 6) is 1.87. The number of fused-ring (bicyclic) bond motifs is 1. The lowest BCUT2D eigenvalue weighted by Gasteiger charge is -2.43. The van der Waals surface area contributed by atoms with E-state index in [-0.39, 0.29) is 5.54 Å². The third kappa shape index (κ3) is 3.51. The van der Waals surface area contributed by atoms with Gasteiger partial charge in [-0.05, 0) is 49.7 Å². The van der Waals surface area contributed by atoms with Crippen molar-refractivity contribution in [3.8, 4) is 5.75 Å². The first kappa shape index (κ1) is 16.9. The number of rotatable bonds is 4. The molecular formula is C22H24N2O2. The Balaban J connectivity index is 1.54. The van der Waals surface area contributed by atoms with Crippen LogP contribution in [0.4, 0.5) is 5.82 Å². The Labute approximate surface area is 154 Å². The van der Waals surface area contributed by atoms with Crippen molar-refractivity contribution in [2.75, 3.05) is 24.7 Å². The third-order valence-corrected chi connectivity index (χ3v) is 4.82. The van der Waals surface area contributed by atoms with E-state index >= 15 is 0 Å². The van der Waals surface area contributed by atoms with Crippen molar-refractivity contribution in [2.45, 2.75) is 26.0 Å². The fraction of sp³-hybridized carbons (Fsp3) is 0.318. The van der Waals surface area contributed by atoms with E-state index < -0.39 is 0 Å².